The Bertz CT molecular complexity index is 628. The highest BCUT2D eigenvalue weighted by Crippen LogP contribution is 2.28. The summed E-state index contributed by atoms with van der Waals surface area (Å²) in [6.07, 6.45) is 1.83. The zero-order chi connectivity index (χ0) is 16.3. The SMILES string of the molecule is CNC(=O)c1ccc(S(=O)(=O)N2CCC[C@H](C)[C@H]2CN)cc1. The van der Waals surface area contributed by atoms with Crippen LogP contribution in [0.2, 0.25) is 0 Å². The Kier molecular flexibility index (Phi) is 5.20. The number of hydrogen-bond donors (Lipinski definition) is 2. The van der Waals surface area contributed by atoms with Crippen LogP contribution in [0.5, 0.6) is 0 Å². The molecule has 1 aromatic carbocycles. The monoisotopic (exact) mass is 325 g/mol. The van der Waals surface area contributed by atoms with Crippen LogP contribution in [0.1, 0.15) is 30.1 Å². The van der Waals surface area contributed by atoms with E-state index in [1.54, 1.807) is 0 Å². The first-order valence-electron chi connectivity index (χ1n) is 7.46. The molecule has 0 aliphatic carbocycles. The molecule has 7 heteroatoms. The van der Waals surface area contributed by atoms with Gasteiger partial charge in [-0.25, -0.2) is 8.42 Å². The second-order valence-corrected chi connectivity index (χ2v) is 7.53. The van der Waals surface area contributed by atoms with Crippen molar-refractivity contribution in [3.05, 3.63) is 29.8 Å². The number of carbonyl (C=O) groups excluding carboxylic acids is 1. The Morgan fingerprint density at radius 1 is 1.36 bits per heavy atom. The molecule has 0 spiro atoms. The van der Waals surface area contributed by atoms with E-state index in [0.29, 0.717) is 18.7 Å². The third kappa shape index (κ3) is 3.16. The van der Waals surface area contributed by atoms with Crippen molar-refractivity contribution in [1.29, 1.82) is 0 Å². The maximum absolute atomic E-state index is 12.8. The third-order valence-electron chi connectivity index (χ3n) is 4.26. The lowest BCUT2D eigenvalue weighted by Crippen LogP contribution is -2.51. The zero-order valence-corrected chi connectivity index (χ0v) is 13.8. The number of nitrogens with zero attached hydrogens (tertiary/aromatic N) is 1. The van der Waals surface area contributed by atoms with Gasteiger partial charge in [0, 0.05) is 31.7 Å². The normalized spacial score (nSPS) is 23.2. The fourth-order valence-electron chi connectivity index (χ4n) is 2.92. The predicted molar refractivity (Wildman–Crippen MR) is 85.0 cm³/mol. The van der Waals surface area contributed by atoms with E-state index >= 15 is 0 Å². The lowest BCUT2D eigenvalue weighted by molar-refractivity contribution is 0.0963. The molecule has 2 atom stereocenters. The molecule has 1 amide bonds. The summed E-state index contributed by atoms with van der Waals surface area (Å²) < 4.78 is 27.2. The minimum atomic E-state index is -3.58. The molecular formula is C15H23N3O3S. The Morgan fingerprint density at radius 3 is 2.55 bits per heavy atom. The largest absolute Gasteiger partial charge is 0.355 e. The van der Waals surface area contributed by atoms with Crippen molar-refractivity contribution < 1.29 is 13.2 Å². The summed E-state index contributed by atoms with van der Waals surface area (Å²) in [5.74, 6) is 0.00837. The molecule has 0 radical (unpaired) electrons. The van der Waals surface area contributed by atoms with E-state index in [0.717, 1.165) is 12.8 Å². The van der Waals surface area contributed by atoms with E-state index in [1.165, 1.54) is 35.6 Å². The third-order valence-corrected chi connectivity index (χ3v) is 6.20. The average molecular weight is 325 g/mol. The summed E-state index contributed by atoms with van der Waals surface area (Å²) >= 11 is 0. The van der Waals surface area contributed by atoms with Gasteiger partial charge in [-0.05, 0) is 43.0 Å². The summed E-state index contributed by atoms with van der Waals surface area (Å²) in [5, 5.41) is 2.51. The molecule has 0 aromatic heterocycles. The highest BCUT2D eigenvalue weighted by Gasteiger charge is 2.36. The van der Waals surface area contributed by atoms with Crippen molar-refractivity contribution >= 4 is 15.9 Å². The lowest BCUT2D eigenvalue weighted by atomic mass is 9.93. The van der Waals surface area contributed by atoms with Gasteiger partial charge in [0.05, 0.1) is 4.90 Å². The van der Waals surface area contributed by atoms with E-state index in [-0.39, 0.29) is 22.8 Å². The van der Waals surface area contributed by atoms with Crippen molar-refractivity contribution in [3.63, 3.8) is 0 Å². The van der Waals surface area contributed by atoms with Crippen LogP contribution in [0, 0.1) is 5.92 Å². The molecule has 0 bridgehead atoms. The van der Waals surface area contributed by atoms with Crippen LogP contribution in [-0.4, -0.2) is 44.8 Å². The van der Waals surface area contributed by atoms with Gasteiger partial charge in [-0.1, -0.05) is 6.92 Å². The molecule has 1 heterocycles. The fourth-order valence-corrected chi connectivity index (χ4v) is 4.69. The van der Waals surface area contributed by atoms with Gasteiger partial charge in [0.1, 0.15) is 0 Å². The van der Waals surface area contributed by atoms with Gasteiger partial charge < -0.3 is 11.1 Å². The number of benzene rings is 1. The minimum Gasteiger partial charge on any atom is -0.355 e. The maximum Gasteiger partial charge on any atom is 0.251 e. The van der Waals surface area contributed by atoms with Crippen LogP contribution in [-0.2, 0) is 10.0 Å². The molecule has 6 nitrogen and oxygen atoms in total. The van der Waals surface area contributed by atoms with Gasteiger partial charge in [-0.2, -0.15) is 4.31 Å². The lowest BCUT2D eigenvalue weighted by Gasteiger charge is -2.38. The van der Waals surface area contributed by atoms with Crippen LogP contribution < -0.4 is 11.1 Å². The summed E-state index contributed by atoms with van der Waals surface area (Å²) in [7, 11) is -2.05. The molecular weight excluding hydrogens is 302 g/mol. The number of nitrogens with one attached hydrogen (secondary N) is 1. The summed E-state index contributed by atoms with van der Waals surface area (Å²) in [4.78, 5) is 11.7. The van der Waals surface area contributed by atoms with Crippen LogP contribution in [0.3, 0.4) is 0 Å². The first-order chi connectivity index (χ1) is 10.4. The highest BCUT2D eigenvalue weighted by molar-refractivity contribution is 7.89. The van der Waals surface area contributed by atoms with Gasteiger partial charge in [-0.3, -0.25) is 4.79 Å². The number of piperidine rings is 1. The number of nitrogens with two attached hydrogens (primary N) is 1. The summed E-state index contributed by atoms with van der Waals surface area (Å²) in [6.45, 7) is 2.84. The van der Waals surface area contributed by atoms with Crippen LogP contribution in [0.4, 0.5) is 0 Å². The second-order valence-electron chi connectivity index (χ2n) is 5.64. The van der Waals surface area contributed by atoms with E-state index in [1.807, 2.05) is 6.92 Å². The van der Waals surface area contributed by atoms with Gasteiger partial charge >= 0.3 is 0 Å². The first kappa shape index (κ1) is 16.9. The van der Waals surface area contributed by atoms with Gasteiger partial charge in [0.2, 0.25) is 10.0 Å². The molecule has 0 saturated carbocycles. The molecule has 3 N–H and O–H groups in total. The van der Waals surface area contributed by atoms with Gasteiger partial charge in [-0.15, -0.1) is 0 Å². The van der Waals surface area contributed by atoms with Crippen LogP contribution >= 0.6 is 0 Å². The quantitative estimate of drug-likeness (QED) is 0.856. The molecule has 0 unspecified atom stereocenters. The summed E-state index contributed by atoms with van der Waals surface area (Å²) in [5.41, 5.74) is 6.22. The van der Waals surface area contributed by atoms with E-state index in [9.17, 15) is 13.2 Å². The second kappa shape index (κ2) is 6.76. The van der Waals surface area contributed by atoms with Crippen LogP contribution in [0.25, 0.3) is 0 Å². The molecule has 2 rings (SSSR count). The Labute approximate surface area is 131 Å². The smallest absolute Gasteiger partial charge is 0.251 e. The molecule has 1 fully saturated rings. The number of sulfonamides is 1. The first-order valence-corrected chi connectivity index (χ1v) is 8.90. The fraction of sp³-hybridized carbons (Fsp3) is 0.533. The van der Waals surface area contributed by atoms with Crippen molar-refractivity contribution in [1.82, 2.24) is 9.62 Å². The Morgan fingerprint density at radius 2 is 2.00 bits per heavy atom. The molecule has 1 aliphatic rings. The van der Waals surface area contributed by atoms with Gasteiger partial charge in [0.15, 0.2) is 0 Å². The zero-order valence-electron chi connectivity index (χ0n) is 13.0. The van der Waals surface area contributed by atoms with E-state index in [4.69, 9.17) is 5.73 Å². The molecule has 1 aliphatic heterocycles. The molecule has 122 valence electrons. The van der Waals surface area contributed by atoms with Gasteiger partial charge in [0.25, 0.3) is 5.91 Å². The Balaban J connectivity index is 2.31. The topological polar surface area (TPSA) is 92.5 Å². The van der Waals surface area contributed by atoms with Crippen LogP contribution in [0.15, 0.2) is 29.2 Å². The summed E-state index contributed by atoms with van der Waals surface area (Å²) in [6, 6.07) is 5.84. The van der Waals surface area contributed by atoms with Crippen molar-refractivity contribution in [2.24, 2.45) is 11.7 Å². The van der Waals surface area contributed by atoms with Crippen molar-refractivity contribution in [2.75, 3.05) is 20.1 Å². The number of hydrogen-bond acceptors (Lipinski definition) is 4. The number of amides is 1. The average Bonchev–Trinajstić information content (AvgIpc) is 2.54. The number of rotatable bonds is 4. The highest BCUT2D eigenvalue weighted by atomic mass is 32.2. The molecule has 1 saturated heterocycles. The predicted octanol–water partition coefficient (Wildman–Crippen LogP) is 0.794. The maximum atomic E-state index is 12.8. The molecule has 22 heavy (non-hydrogen) atoms. The number of carbonyl (C=O) groups is 1. The standard InChI is InChI=1S/C15H23N3O3S/c1-11-4-3-9-18(14(11)10-16)22(20,21)13-7-5-12(6-8-13)15(19)17-2/h5-8,11,14H,3-4,9-10,16H2,1-2H3,(H,17,19)/t11-,14+/m0/s1. The van der Waals surface area contributed by atoms with E-state index in [2.05, 4.69) is 5.32 Å². The molecule has 1 aromatic rings. The van der Waals surface area contributed by atoms with Crippen molar-refractivity contribution in [3.8, 4) is 0 Å². The minimum absolute atomic E-state index is 0.169. The van der Waals surface area contributed by atoms with Crippen molar-refractivity contribution in [2.45, 2.75) is 30.7 Å². The Hall–Kier alpha value is -1.44. The van der Waals surface area contributed by atoms with E-state index < -0.39 is 10.0 Å².